The summed E-state index contributed by atoms with van der Waals surface area (Å²) in [5.74, 6) is -0.108. The lowest BCUT2D eigenvalue weighted by atomic mass is 10.1. The molecule has 6 nitrogen and oxygen atoms in total. The van der Waals surface area contributed by atoms with Crippen LogP contribution in [0, 0.1) is 0 Å². The highest BCUT2D eigenvalue weighted by Gasteiger charge is 2.15. The molecule has 0 spiro atoms. The number of carbonyl (C=O) groups excluding carboxylic acids is 2. The van der Waals surface area contributed by atoms with Gasteiger partial charge in [-0.15, -0.1) is 0 Å². The van der Waals surface area contributed by atoms with E-state index in [1.165, 1.54) is 0 Å². The number of hydrogen-bond donors (Lipinski definition) is 3. The van der Waals surface area contributed by atoms with Crippen LogP contribution in [0.3, 0.4) is 0 Å². The molecule has 0 unspecified atom stereocenters. The van der Waals surface area contributed by atoms with Gasteiger partial charge in [-0.05, 0) is 51.8 Å². The van der Waals surface area contributed by atoms with Gasteiger partial charge in [0, 0.05) is 22.0 Å². The molecule has 2 amide bonds. The largest absolute Gasteiger partial charge is 0.348 e. The predicted molar refractivity (Wildman–Crippen MR) is 116 cm³/mol. The summed E-state index contributed by atoms with van der Waals surface area (Å²) in [4.78, 5) is 25.1. The van der Waals surface area contributed by atoms with Crippen molar-refractivity contribution in [3.05, 3.63) is 94.0 Å². The summed E-state index contributed by atoms with van der Waals surface area (Å²) in [5.41, 5.74) is 2.74. The molecule has 29 heavy (non-hydrogen) atoms. The molecule has 0 atom stereocenters. The number of halogens is 1. The van der Waals surface area contributed by atoms with Gasteiger partial charge in [-0.25, -0.2) is 0 Å². The van der Waals surface area contributed by atoms with Gasteiger partial charge in [-0.3, -0.25) is 14.7 Å². The van der Waals surface area contributed by atoms with Crippen LogP contribution in [0.1, 0.15) is 26.3 Å². The second kappa shape index (κ2) is 8.28. The lowest BCUT2D eigenvalue weighted by Gasteiger charge is -2.07. The standard InChI is InChI=1S/C22H17BrN4O2/c23-18-9-5-4-8-16(18)22(29)25-20-17-12-15(10-11-19(17)26-27-20)21(28)24-13-14-6-2-1-3-7-14/h1-12H,13H2,(H,24,28)(H2,25,26,27,29). The molecule has 0 fully saturated rings. The van der Waals surface area contributed by atoms with Crippen molar-refractivity contribution in [3.8, 4) is 0 Å². The Labute approximate surface area is 175 Å². The first-order valence-electron chi connectivity index (χ1n) is 8.98. The number of carbonyl (C=O) groups is 2. The van der Waals surface area contributed by atoms with Crippen molar-refractivity contribution in [2.24, 2.45) is 0 Å². The minimum atomic E-state index is -0.287. The Kier molecular flexibility index (Phi) is 5.39. The van der Waals surface area contributed by atoms with E-state index in [1.54, 1.807) is 36.4 Å². The van der Waals surface area contributed by atoms with Crippen molar-refractivity contribution < 1.29 is 9.59 Å². The fourth-order valence-electron chi connectivity index (χ4n) is 2.95. The lowest BCUT2D eigenvalue weighted by Crippen LogP contribution is -2.22. The quantitative estimate of drug-likeness (QED) is 0.419. The highest BCUT2D eigenvalue weighted by Crippen LogP contribution is 2.24. The Bertz CT molecular complexity index is 1190. The summed E-state index contributed by atoms with van der Waals surface area (Å²) in [6.07, 6.45) is 0. The number of fused-ring (bicyclic) bond motifs is 1. The van der Waals surface area contributed by atoms with E-state index in [2.05, 4.69) is 36.8 Å². The molecule has 0 aliphatic carbocycles. The molecule has 0 saturated carbocycles. The van der Waals surface area contributed by atoms with Gasteiger partial charge in [0.25, 0.3) is 11.8 Å². The number of amides is 2. The average molecular weight is 449 g/mol. The molecule has 0 aliphatic rings. The number of aromatic amines is 1. The second-order valence-corrected chi connectivity index (χ2v) is 7.29. The van der Waals surface area contributed by atoms with Crippen LogP contribution in [0.2, 0.25) is 0 Å². The van der Waals surface area contributed by atoms with E-state index in [9.17, 15) is 9.59 Å². The maximum atomic E-state index is 12.6. The molecule has 4 rings (SSSR count). The Morgan fingerprint density at radius 1 is 0.931 bits per heavy atom. The van der Waals surface area contributed by atoms with E-state index in [4.69, 9.17) is 0 Å². The van der Waals surface area contributed by atoms with Gasteiger partial charge >= 0.3 is 0 Å². The normalized spacial score (nSPS) is 10.7. The van der Waals surface area contributed by atoms with Crippen LogP contribution in [0.5, 0.6) is 0 Å². The van der Waals surface area contributed by atoms with Gasteiger partial charge in [0.1, 0.15) is 0 Å². The molecule has 144 valence electrons. The van der Waals surface area contributed by atoms with E-state index >= 15 is 0 Å². The van der Waals surface area contributed by atoms with Gasteiger partial charge in [-0.1, -0.05) is 42.5 Å². The van der Waals surface area contributed by atoms with Gasteiger partial charge in [0.05, 0.1) is 11.1 Å². The molecule has 0 bridgehead atoms. The molecule has 3 aromatic carbocycles. The van der Waals surface area contributed by atoms with Crippen LogP contribution in [0.25, 0.3) is 10.9 Å². The summed E-state index contributed by atoms with van der Waals surface area (Å²) in [7, 11) is 0. The molecule has 4 aromatic rings. The van der Waals surface area contributed by atoms with Crippen LogP contribution >= 0.6 is 15.9 Å². The fourth-order valence-corrected chi connectivity index (χ4v) is 3.42. The summed E-state index contributed by atoms with van der Waals surface area (Å²) < 4.78 is 0.693. The van der Waals surface area contributed by atoms with Crippen molar-refractivity contribution in [1.82, 2.24) is 15.5 Å². The van der Waals surface area contributed by atoms with E-state index in [1.807, 2.05) is 36.4 Å². The summed E-state index contributed by atoms with van der Waals surface area (Å²) >= 11 is 3.38. The number of benzene rings is 3. The highest BCUT2D eigenvalue weighted by atomic mass is 79.9. The number of anilines is 1. The molecule has 0 radical (unpaired) electrons. The first-order valence-corrected chi connectivity index (χ1v) is 9.77. The summed E-state index contributed by atoms with van der Waals surface area (Å²) in [6, 6.07) is 22.1. The topological polar surface area (TPSA) is 86.9 Å². The second-order valence-electron chi connectivity index (χ2n) is 6.43. The maximum Gasteiger partial charge on any atom is 0.258 e. The molecule has 0 saturated heterocycles. The van der Waals surface area contributed by atoms with Crippen LogP contribution in [-0.2, 0) is 6.54 Å². The number of rotatable bonds is 5. The van der Waals surface area contributed by atoms with Gasteiger partial charge < -0.3 is 10.6 Å². The van der Waals surface area contributed by atoms with E-state index in [0.29, 0.717) is 33.3 Å². The van der Waals surface area contributed by atoms with E-state index in [-0.39, 0.29) is 11.8 Å². The molecule has 0 aliphatic heterocycles. The van der Waals surface area contributed by atoms with Crippen molar-refractivity contribution in [2.45, 2.75) is 6.54 Å². The van der Waals surface area contributed by atoms with Gasteiger partial charge in [-0.2, -0.15) is 5.10 Å². The number of nitrogens with zero attached hydrogens (tertiary/aromatic N) is 1. The third-order valence-electron chi connectivity index (χ3n) is 4.47. The third kappa shape index (κ3) is 4.20. The SMILES string of the molecule is O=C(NCc1ccccc1)c1ccc2[nH]nc(NC(=O)c3ccccc3Br)c2c1. The summed E-state index contributed by atoms with van der Waals surface area (Å²) in [6.45, 7) is 0.439. The van der Waals surface area contributed by atoms with Gasteiger partial charge in [0.15, 0.2) is 5.82 Å². The van der Waals surface area contributed by atoms with Crippen LogP contribution in [0.15, 0.2) is 77.3 Å². The van der Waals surface area contributed by atoms with E-state index in [0.717, 1.165) is 11.1 Å². The Morgan fingerprint density at radius 2 is 1.69 bits per heavy atom. The molecule has 1 aromatic heterocycles. The van der Waals surface area contributed by atoms with Crippen molar-refractivity contribution in [1.29, 1.82) is 0 Å². The van der Waals surface area contributed by atoms with Crippen LogP contribution in [0.4, 0.5) is 5.82 Å². The zero-order chi connectivity index (χ0) is 20.2. The molecular weight excluding hydrogens is 432 g/mol. The minimum Gasteiger partial charge on any atom is -0.348 e. The summed E-state index contributed by atoms with van der Waals surface area (Å²) in [5, 5.41) is 13.4. The van der Waals surface area contributed by atoms with Crippen LogP contribution < -0.4 is 10.6 Å². The van der Waals surface area contributed by atoms with Crippen LogP contribution in [-0.4, -0.2) is 22.0 Å². The first kappa shape index (κ1) is 18.9. The zero-order valence-electron chi connectivity index (χ0n) is 15.3. The Balaban J connectivity index is 1.54. The Morgan fingerprint density at radius 3 is 2.48 bits per heavy atom. The molecular formula is C22H17BrN4O2. The number of H-pyrrole nitrogens is 1. The molecule has 1 heterocycles. The predicted octanol–water partition coefficient (Wildman–Crippen LogP) is 4.51. The maximum absolute atomic E-state index is 12.6. The average Bonchev–Trinajstić information content (AvgIpc) is 3.15. The number of nitrogens with one attached hydrogen (secondary N) is 3. The number of aromatic nitrogens is 2. The van der Waals surface area contributed by atoms with Crippen molar-refractivity contribution in [2.75, 3.05) is 5.32 Å². The number of hydrogen-bond acceptors (Lipinski definition) is 3. The lowest BCUT2D eigenvalue weighted by molar-refractivity contribution is 0.0950. The van der Waals surface area contributed by atoms with Gasteiger partial charge in [0.2, 0.25) is 0 Å². The monoisotopic (exact) mass is 448 g/mol. The van der Waals surface area contributed by atoms with E-state index < -0.39 is 0 Å². The third-order valence-corrected chi connectivity index (χ3v) is 5.16. The zero-order valence-corrected chi connectivity index (χ0v) is 16.9. The molecule has 7 heteroatoms. The highest BCUT2D eigenvalue weighted by molar-refractivity contribution is 9.10. The first-order chi connectivity index (χ1) is 14.1. The Hall–Kier alpha value is -3.45. The fraction of sp³-hybridized carbons (Fsp3) is 0.0455. The van der Waals surface area contributed by atoms with Crippen molar-refractivity contribution in [3.63, 3.8) is 0 Å². The molecule has 3 N–H and O–H groups in total. The van der Waals surface area contributed by atoms with Crippen molar-refractivity contribution >= 4 is 44.5 Å². The minimum absolute atomic E-state index is 0.194. The smallest absolute Gasteiger partial charge is 0.258 e.